The van der Waals surface area contributed by atoms with E-state index in [0.29, 0.717) is 11.1 Å². The van der Waals surface area contributed by atoms with E-state index in [1.165, 1.54) is 18.2 Å². The van der Waals surface area contributed by atoms with Gasteiger partial charge in [0.05, 0.1) is 0 Å². The zero-order valence-electron chi connectivity index (χ0n) is 12.6. The number of benzene rings is 3. The van der Waals surface area contributed by atoms with Crippen molar-refractivity contribution in [1.29, 1.82) is 0 Å². The van der Waals surface area contributed by atoms with Crippen molar-refractivity contribution in [2.75, 3.05) is 0 Å². The van der Waals surface area contributed by atoms with Crippen LogP contribution in [0.2, 0.25) is 0 Å². The van der Waals surface area contributed by atoms with Gasteiger partial charge >= 0.3 is 0 Å². The molecule has 0 saturated carbocycles. The molecular formula is C20H15F3. The van der Waals surface area contributed by atoms with E-state index in [-0.39, 0.29) is 5.56 Å². The lowest BCUT2D eigenvalue weighted by Gasteiger charge is -2.12. The third-order valence-electron chi connectivity index (χ3n) is 3.87. The normalized spacial score (nSPS) is 10.8. The summed E-state index contributed by atoms with van der Waals surface area (Å²) in [7, 11) is 0. The molecule has 3 aromatic carbocycles. The van der Waals surface area contributed by atoms with Crippen molar-refractivity contribution in [1.82, 2.24) is 0 Å². The van der Waals surface area contributed by atoms with Gasteiger partial charge in [0.2, 0.25) is 0 Å². The number of hydrogen-bond acceptors (Lipinski definition) is 0. The minimum absolute atomic E-state index is 0.125. The molecule has 0 heterocycles. The smallest absolute Gasteiger partial charge is 0.131 e. The largest absolute Gasteiger partial charge is 0.207 e. The summed E-state index contributed by atoms with van der Waals surface area (Å²) in [6.07, 6.45) is 0.898. The van der Waals surface area contributed by atoms with Gasteiger partial charge in [0, 0.05) is 5.56 Å². The number of aryl methyl sites for hydroxylation is 1. The van der Waals surface area contributed by atoms with Gasteiger partial charge in [-0.05, 0) is 59.0 Å². The highest BCUT2D eigenvalue weighted by molar-refractivity contribution is 5.83. The summed E-state index contributed by atoms with van der Waals surface area (Å²) >= 11 is 0. The van der Waals surface area contributed by atoms with E-state index >= 15 is 0 Å². The summed E-state index contributed by atoms with van der Waals surface area (Å²) < 4.78 is 41.3. The first-order valence-electron chi connectivity index (χ1n) is 7.43. The predicted molar refractivity (Wildman–Crippen MR) is 86.6 cm³/mol. The second kappa shape index (κ2) is 6.29. The Labute approximate surface area is 133 Å². The molecule has 3 aromatic rings. The molecule has 116 valence electrons. The fourth-order valence-corrected chi connectivity index (χ4v) is 2.61. The Hall–Kier alpha value is -2.55. The molecule has 23 heavy (non-hydrogen) atoms. The maximum Gasteiger partial charge on any atom is 0.131 e. The summed E-state index contributed by atoms with van der Waals surface area (Å²) in [5.41, 5.74) is 3.05. The van der Waals surface area contributed by atoms with Crippen molar-refractivity contribution in [3.05, 3.63) is 83.7 Å². The first kappa shape index (κ1) is 15.3. The summed E-state index contributed by atoms with van der Waals surface area (Å²) in [5, 5.41) is 0. The van der Waals surface area contributed by atoms with E-state index in [4.69, 9.17) is 0 Å². The lowest BCUT2D eigenvalue weighted by molar-refractivity contribution is 0.603. The summed E-state index contributed by atoms with van der Waals surface area (Å²) in [4.78, 5) is 0. The summed E-state index contributed by atoms with van der Waals surface area (Å²) in [6.45, 7) is 2.05. The predicted octanol–water partition coefficient (Wildman–Crippen LogP) is 6.00. The lowest BCUT2D eigenvalue weighted by atomic mass is 9.93. The topological polar surface area (TPSA) is 0 Å². The molecule has 0 aromatic heterocycles. The van der Waals surface area contributed by atoms with Gasteiger partial charge in [-0.25, -0.2) is 13.2 Å². The number of rotatable bonds is 3. The summed E-state index contributed by atoms with van der Waals surface area (Å²) in [6, 6.07) is 15.0. The van der Waals surface area contributed by atoms with Gasteiger partial charge in [-0.15, -0.1) is 0 Å². The van der Waals surface area contributed by atoms with Gasteiger partial charge < -0.3 is 0 Å². The zero-order chi connectivity index (χ0) is 16.4. The third kappa shape index (κ3) is 3.14. The fourth-order valence-electron chi connectivity index (χ4n) is 2.61. The van der Waals surface area contributed by atoms with E-state index in [1.807, 2.05) is 31.2 Å². The van der Waals surface area contributed by atoms with Crippen LogP contribution in [0.5, 0.6) is 0 Å². The Kier molecular flexibility index (Phi) is 4.20. The van der Waals surface area contributed by atoms with Gasteiger partial charge in [0.25, 0.3) is 0 Å². The van der Waals surface area contributed by atoms with Crippen molar-refractivity contribution in [3.8, 4) is 22.3 Å². The van der Waals surface area contributed by atoms with Crippen molar-refractivity contribution in [3.63, 3.8) is 0 Å². The van der Waals surface area contributed by atoms with Crippen LogP contribution in [0, 0.1) is 17.5 Å². The zero-order valence-corrected chi connectivity index (χ0v) is 12.6. The molecule has 0 unspecified atom stereocenters. The Balaban J connectivity index is 2.20. The third-order valence-corrected chi connectivity index (χ3v) is 3.87. The molecule has 3 heteroatoms. The van der Waals surface area contributed by atoms with Crippen molar-refractivity contribution in [2.24, 2.45) is 0 Å². The van der Waals surface area contributed by atoms with Gasteiger partial charge in [-0.3, -0.25) is 0 Å². The molecule has 0 amide bonds. The van der Waals surface area contributed by atoms with Crippen LogP contribution in [0.4, 0.5) is 13.2 Å². The minimum Gasteiger partial charge on any atom is -0.207 e. The van der Waals surface area contributed by atoms with Gasteiger partial charge in [-0.1, -0.05) is 37.3 Å². The average Bonchev–Trinajstić information content (AvgIpc) is 2.57. The molecule has 0 fully saturated rings. The Bertz CT molecular complexity index is 836. The van der Waals surface area contributed by atoms with Crippen molar-refractivity contribution in [2.45, 2.75) is 13.3 Å². The quantitative estimate of drug-likeness (QED) is 0.556. The number of halogens is 3. The van der Waals surface area contributed by atoms with Crippen LogP contribution in [0.1, 0.15) is 12.5 Å². The molecule has 0 nitrogen and oxygen atoms in total. The van der Waals surface area contributed by atoms with E-state index in [9.17, 15) is 13.2 Å². The first-order valence-corrected chi connectivity index (χ1v) is 7.43. The molecule has 0 bridgehead atoms. The molecule has 3 rings (SSSR count). The Morgan fingerprint density at radius 3 is 1.91 bits per heavy atom. The maximum absolute atomic E-state index is 14.1. The Morgan fingerprint density at radius 2 is 1.26 bits per heavy atom. The van der Waals surface area contributed by atoms with E-state index in [1.54, 1.807) is 0 Å². The molecule has 0 saturated heterocycles. The maximum atomic E-state index is 14.1. The second-order valence-electron chi connectivity index (χ2n) is 5.36. The molecular weight excluding hydrogens is 297 g/mol. The van der Waals surface area contributed by atoms with E-state index in [0.717, 1.165) is 35.7 Å². The molecule has 0 aliphatic heterocycles. The highest BCUT2D eigenvalue weighted by Crippen LogP contribution is 2.34. The highest BCUT2D eigenvalue weighted by Gasteiger charge is 2.13. The molecule has 0 radical (unpaired) electrons. The van der Waals surface area contributed by atoms with E-state index in [2.05, 4.69) is 0 Å². The van der Waals surface area contributed by atoms with Crippen molar-refractivity contribution >= 4 is 0 Å². The van der Waals surface area contributed by atoms with Crippen LogP contribution in [-0.2, 0) is 6.42 Å². The molecule has 0 spiro atoms. The monoisotopic (exact) mass is 312 g/mol. The highest BCUT2D eigenvalue weighted by atomic mass is 19.1. The SMILES string of the molecule is CCc1ccc(-c2cc(F)ccc2-c2cc(F)ccc2F)cc1. The molecule has 0 atom stereocenters. The first-order chi connectivity index (χ1) is 11.1. The van der Waals surface area contributed by atoms with Gasteiger partial charge in [-0.2, -0.15) is 0 Å². The Morgan fingerprint density at radius 1 is 0.652 bits per heavy atom. The van der Waals surface area contributed by atoms with Gasteiger partial charge in [0.15, 0.2) is 0 Å². The second-order valence-corrected chi connectivity index (χ2v) is 5.36. The van der Waals surface area contributed by atoms with E-state index < -0.39 is 17.5 Å². The van der Waals surface area contributed by atoms with Crippen LogP contribution in [-0.4, -0.2) is 0 Å². The number of hydrogen-bond donors (Lipinski definition) is 0. The standard InChI is InChI=1S/C20H15F3/c1-2-13-3-5-14(6-4-13)18-11-15(21)7-9-17(18)19-12-16(22)8-10-20(19)23/h3-12H,2H2,1H3. The van der Waals surface area contributed by atoms with Crippen LogP contribution >= 0.6 is 0 Å². The van der Waals surface area contributed by atoms with Crippen LogP contribution in [0.25, 0.3) is 22.3 Å². The molecule has 0 N–H and O–H groups in total. The molecule has 0 aliphatic carbocycles. The fraction of sp³-hybridized carbons (Fsp3) is 0.100. The van der Waals surface area contributed by atoms with Crippen molar-refractivity contribution < 1.29 is 13.2 Å². The molecule has 0 aliphatic rings. The van der Waals surface area contributed by atoms with Gasteiger partial charge in [0.1, 0.15) is 17.5 Å². The van der Waals surface area contributed by atoms with Crippen LogP contribution in [0.15, 0.2) is 60.7 Å². The average molecular weight is 312 g/mol. The summed E-state index contributed by atoms with van der Waals surface area (Å²) in [5.74, 6) is -1.48. The minimum atomic E-state index is -0.538. The van der Waals surface area contributed by atoms with Crippen LogP contribution in [0.3, 0.4) is 0 Å². The van der Waals surface area contributed by atoms with Crippen LogP contribution < -0.4 is 0 Å². The lowest BCUT2D eigenvalue weighted by Crippen LogP contribution is -1.92.